The molecule has 1 saturated heterocycles. The van der Waals surface area contributed by atoms with Crippen LogP contribution in [0.3, 0.4) is 0 Å². The third kappa shape index (κ3) is 1.60. The predicted octanol–water partition coefficient (Wildman–Crippen LogP) is 2.06. The van der Waals surface area contributed by atoms with Crippen molar-refractivity contribution in [2.24, 2.45) is 0 Å². The van der Waals surface area contributed by atoms with Gasteiger partial charge in [0, 0.05) is 0 Å². The lowest BCUT2D eigenvalue weighted by atomic mass is 10.1. The third-order valence-electron chi connectivity index (χ3n) is 2.69. The standard InChI is InChI=1S/C13H11NO2/c15-12-8-13(14-12)16-11-6-5-9-3-1-2-4-10(9)7-11/h1-7,13H,8H2,(H,14,15). The van der Waals surface area contributed by atoms with Crippen LogP contribution in [0, 0.1) is 0 Å². The van der Waals surface area contributed by atoms with Crippen molar-refractivity contribution in [3.05, 3.63) is 42.5 Å². The van der Waals surface area contributed by atoms with E-state index in [1.807, 2.05) is 36.4 Å². The van der Waals surface area contributed by atoms with Crippen molar-refractivity contribution >= 4 is 16.7 Å². The number of amides is 1. The average molecular weight is 213 g/mol. The zero-order valence-electron chi connectivity index (χ0n) is 8.64. The van der Waals surface area contributed by atoms with E-state index in [-0.39, 0.29) is 12.1 Å². The molecule has 0 aliphatic carbocycles. The lowest BCUT2D eigenvalue weighted by molar-refractivity contribution is -0.134. The largest absolute Gasteiger partial charge is 0.470 e. The first kappa shape index (κ1) is 9.21. The highest BCUT2D eigenvalue weighted by Crippen LogP contribution is 2.22. The van der Waals surface area contributed by atoms with E-state index in [0.29, 0.717) is 6.42 Å². The number of carbonyl (C=O) groups excluding carboxylic acids is 1. The van der Waals surface area contributed by atoms with E-state index >= 15 is 0 Å². The number of carbonyl (C=O) groups is 1. The van der Waals surface area contributed by atoms with Gasteiger partial charge in [0.05, 0.1) is 6.42 Å². The van der Waals surface area contributed by atoms with Gasteiger partial charge in [-0.2, -0.15) is 0 Å². The Hall–Kier alpha value is -2.03. The molecule has 2 aromatic carbocycles. The van der Waals surface area contributed by atoms with E-state index in [4.69, 9.17) is 4.74 Å². The minimum absolute atomic E-state index is 0.0470. The molecular weight excluding hydrogens is 202 g/mol. The Bertz CT molecular complexity index is 542. The minimum Gasteiger partial charge on any atom is -0.470 e. The smallest absolute Gasteiger partial charge is 0.228 e. The molecule has 0 aromatic heterocycles. The highest BCUT2D eigenvalue weighted by molar-refractivity contribution is 5.84. The van der Waals surface area contributed by atoms with Gasteiger partial charge in [0.2, 0.25) is 5.91 Å². The summed E-state index contributed by atoms with van der Waals surface area (Å²) in [7, 11) is 0. The molecule has 3 rings (SSSR count). The van der Waals surface area contributed by atoms with E-state index in [1.165, 1.54) is 5.39 Å². The van der Waals surface area contributed by atoms with Crippen LogP contribution in [0.4, 0.5) is 0 Å². The second-order valence-electron chi connectivity index (χ2n) is 3.89. The molecule has 1 fully saturated rings. The maximum atomic E-state index is 10.7. The van der Waals surface area contributed by atoms with Gasteiger partial charge in [-0.25, -0.2) is 0 Å². The van der Waals surface area contributed by atoms with Crippen molar-refractivity contribution < 1.29 is 9.53 Å². The number of β-lactam (4-membered cyclic amide) rings is 1. The van der Waals surface area contributed by atoms with E-state index in [9.17, 15) is 4.79 Å². The minimum atomic E-state index is -0.159. The van der Waals surface area contributed by atoms with Crippen molar-refractivity contribution in [3.8, 4) is 5.75 Å². The Kier molecular flexibility index (Phi) is 2.03. The van der Waals surface area contributed by atoms with Crippen molar-refractivity contribution in [1.29, 1.82) is 0 Å². The van der Waals surface area contributed by atoms with Crippen molar-refractivity contribution in [2.75, 3.05) is 0 Å². The first-order valence-electron chi connectivity index (χ1n) is 5.26. The summed E-state index contributed by atoms with van der Waals surface area (Å²) in [5.41, 5.74) is 0. The maximum absolute atomic E-state index is 10.7. The molecular formula is C13H11NO2. The average Bonchev–Trinajstić information content (AvgIpc) is 2.27. The maximum Gasteiger partial charge on any atom is 0.228 e. The van der Waals surface area contributed by atoms with Crippen LogP contribution in [0.25, 0.3) is 10.8 Å². The van der Waals surface area contributed by atoms with Crippen LogP contribution in [0.5, 0.6) is 5.75 Å². The Labute approximate surface area is 93.0 Å². The molecule has 1 unspecified atom stereocenters. The monoisotopic (exact) mass is 213 g/mol. The van der Waals surface area contributed by atoms with Gasteiger partial charge in [-0.05, 0) is 22.9 Å². The summed E-state index contributed by atoms with van der Waals surface area (Å²) in [5, 5.41) is 5.01. The lowest BCUT2D eigenvalue weighted by Gasteiger charge is -2.27. The molecule has 1 aliphatic heterocycles. The zero-order valence-corrected chi connectivity index (χ0v) is 8.64. The Balaban J connectivity index is 1.85. The van der Waals surface area contributed by atoms with Gasteiger partial charge in [0.25, 0.3) is 0 Å². The zero-order chi connectivity index (χ0) is 11.0. The van der Waals surface area contributed by atoms with Crippen LogP contribution in [0.15, 0.2) is 42.5 Å². The van der Waals surface area contributed by atoms with Crippen LogP contribution < -0.4 is 10.1 Å². The summed E-state index contributed by atoms with van der Waals surface area (Å²) < 4.78 is 5.60. The van der Waals surface area contributed by atoms with Crippen molar-refractivity contribution in [1.82, 2.24) is 5.32 Å². The van der Waals surface area contributed by atoms with Gasteiger partial charge in [0.15, 0.2) is 6.23 Å². The molecule has 0 spiro atoms. The molecule has 1 heterocycles. The van der Waals surface area contributed by atoms with Gasteiger partial charge in [-0.1, -0.05) is 30.3 Å². The summed E-state index contributed by atoms with van der Waals surface area (Å²) in [5.74, 6) is 0.842. The van der Waals surface area contributed by atoms with Gasteiger partial charge >= 0.3 is 0 Å². The number of hydrogen-bond acceptors (Lipinski definition) is 2. The fourth-order valence-corrected chi connectivity index (χ4v) is 1.80. The Morgan fingerprint density at radius 2 is 1.88 bits per heavy atom. The van der Waals surface area contributed by atoms with Crippen LogP contribution in [0.2, 0.25) is 0 Å². The van der Waals surface area contributed by atoms with E-state index in [0.717, 1.165) is 11.1 Å². The van der Waals surface area contributed by atoms with Gasteiger partial charge in [0.1, 0.15) is 5.75 Å². The van der Waals surface area contributed by atoms with E-state index in [2.05, 4.69) is 11.4 Å². The van der Waals surface area contributed by atoms with Gasteiger partial charge in [-0.15, -0.1) is 0 Å². The number of nitrogens with one attached hydrogen (secondary N) is 1. The second kappa shape index (κ2) is 3.52. The molecule has 0 radical (unpaired) electrons. The highest BCUT2D eigenvalue weighted by Gasteiger charge is 2.26. The molecule has 3 nitrogen and oxygen atoms in total. The van der Waals surface area contributed by atoms with Crippen LogP contribution >= 0.6 is 0 Å². The lowest BCUT2D eigenvalue weighted by Crippen LogP contribution is -2.51. The molecule has 1 N–H and O–H groups in total. The van der Waals surface area contributed by atoms with Gasteiger partial charge < -0.3 is 10.1 Å². The van der Waals surface area contributed by atoms with Crippen molar-refractivity contribution in [3.63, 3.8) is 0 Å². The normalized spacial score (nSPS) is 19.0. The number of hydrogen-bond donors (Lipinski definition) is 1. The topological polar surface area (TPSA) is 38.3 Å². The number of rotatable bonds is 2. The molecule has 1 aliphatic rings. The highest BCUT2D eigenvalue weighted by atomic mass is 16.5. The molecule has 16 heavy (non-hydrogen) atoms. The molecule has 80 valence electrons. The summed E-state index contributed by atoms with van der Waals surface area (Å²) in [4.78, 5) is 10.7. The first-order chi connectivity index (χ1) is 7.81. The fourth-order valence-electron chi connectivity index (χ4n) is 1.80. The Morgan fingerprint density at radius 1 is 1.12 bits per heavy atom. The second-order valence-corrected chi connectivity index (χ2v) is 3.89. The summed E-state index contributed by atoms with van der Waals surface area (Å²) in [6.07, 6.45) is 0.293. The number of fused-ring (bicyclic) bond motifs is 1. The first-order valence-corrected chi connectivity index (χ1v) is 5.26. The van der Waals surface area contributed by atoms with Crippen LogP contribution in [-0.4, -0.2) is 12.1 Å². The SMILES string of the molecule is O=C1CC(Oc2ccc3ccccc3c2)N1. The van der Waals surface area contributed by atoms with Gasteiger partial charge in [-0.3, -0.25) is 4.79 Å². The Morgan fingerprint density at radius 3 is 2.62 bits per heavy atom. The fraction of sp³-hybridized carbons (Fsp3) is 0.154. The van der Waals surface area contributed by atoms with Crippen molar-refractivity contribution in [2.45, 2.75) is 12.6 Å². The third-order valence-corrected chi connectivity index (χ3v) is 2.69. The van der Waals surface area contributed by atoms with E-state index in [1.54, 1.807) is 0 Å². The summed E-state index contributed by atoms with van der Waals surface area (Å²) >= 11 is 0. The molecule has 1 atom stereocenters. The molecule has 2 aromatic rings. The summed E-state index contributed by atoms with van der Waals surface area (Å²) in [6, 6.07) is 14.0. The van der Waals surface area contributed by atoms with Crippen LogP contribution in [-0.2, 0) is 4.79 Å². The van der Waals surface area contributed by atoms with Crippen LogP contribution in [0.1, 0.15) is 6.42 Å². The molecule has 0 saturated carbocycles. The number of ether oxygens (including phenoxy) is 1. The predicted molar refractivity (Wildman–Crippen MR) is 61.1 cm³/mol. The molecule has 3 heteroatoms. The quantitative estimate of drug-likeness (QED) is 0.775. The number of benzene rings is 2. The molecule has 1 amide bonds. The summed E-state index contributed by atoms with van der Waals surface area (Å²) in [6.45, 7) is 0. The van der Waals surface area contributed by atoms with E-state index < -0.39 is 0 Å². The molecule has 0 bridgehead atoms.